The van der Waals surface area contributed by atoms with Crippen LogP contribution in [0.4, 0.5) is 10.9 Å². The molecule has 0 radical (unpaired) electrons. The number of hydrogen-bond acceptors (Lipinski definition) is 7. The molecule has 2 N–H and O–H groups in total. The smallest absolute Gasteiger partial charge is 0.341 e. The van der Waals surface area contributed by atoms with Gasteiger partial charge in [-0.3, -0.25) is 10.1 Å². The Kier molecular flexibility index (Phi) is 7.90. The van der Waals surface area contributed by atoms with Crippen molar-refractivity contribution in [2.24, 2.45) is 0 Å². The maximum absolute atomic E-state index is 12.5. The highest BCUT2D eigenvalue weighted by Crippen LogP contribution is 2.34. The number of benzene rings is 1. The molecule has 2 heterocycles. The average Bonchev–Trinajstić information content (AvgIpc) is 3.33. The lowest BCUT2D eigenvalue weighted by atomic mass is 10.1. The highest BCUT2D eigenvalue weighted by molar-refractivity contribution is 7.80. The molecule has 13 heteroatoms. The van der Waals surface area contributed by atoms with E-state index in [-0.39, 0.29) is 22.5 Å². The van der Waals surface area contributed by atoms with Gasteiger partial charge in [-0.15, -0.1) is 16.4 Å². The van der Waals surface area contributed by atoms with Crippen LogP contribution in [0, 0.1) is 6.92 Å². The Balaban J connectivity index is 1.74. The molecule has 174 valence electrons. The van der Waals surface area contributed by atoms with E-state index in [1.807, 2.05) is 6.07 Å². The summed E-state index contributed by atoms with van der Waals surface area (Å²) in [6, 6.07) is 5.31. The first kappa shape index (κ1) is 24.9. The fourth-order valence-corrected chi connectivity index (χ4v) is 4.64. The minimum absolute atomic E-state index is 0.151. The number of halogens is 2. The second-order valence-electron chi connectivity index (χ2n) is 7.04. The molecule has 0 atom stereocenters. The molecule has 0 saturated carbocycles. The topological polar surface area (TPSA) is 101 Å². The van der Waals surface area contributed by atoms with E-state index in [9.17, 15) is 9.59 Å². The molecule has 0 fully saturated rings. The number of esters is 1. The summed E-state index contributed by atoms with van der Waals surface area (Å²) in [7, 11) is 4.55. The predicted octanol–water partition coefficient (Wildman–Crippen LogP) is 4.30. The minimum Gasteiger partial charge on any atom is -0.465 e. The van der Waals surface area contributed by atoms with Gasteiger partial charge < -0.3 is 15.0 Å². The number of nitrogens with zero attached hydrogens (tertiary/aromatic N) is 4. The summed E-state index contributed by atoms with van der Waals surface area (Å²) >= 11 is 18.5. The number of nitrogens with one attached hydrogen (secondary N) is 2. The van der Waals surface area contributed by atoms with Crippen molar-refractivity contribution < 1.29 is 14.3 Å². The monoisotopic (exact) mass is 526 g/mol. The Morgan fingerprint density at radius 2 is 1.97 bits per heavy atom. The lowest BCUT2D eigenvalue weighted by Crippen LogP contribution is -2.21. The van der Waals surface area contributed by atoms with Gasteiger partial charge in [0.15, 0.2) is 5.11 Å². The van der Waals surface area contributed by atoms with Crippen LogP contribution in [-0.4, -0.2) is 57.9 Å². The number of carbonyl (C=O) groups is 2. The van der Waals surface area contributed by atoms with Crippen molar-refractivity contribution in [1.82, 2.24) is 19.7 Å². The zero-order chi connectivity index (χ0) is 24.3. The second-order valence-corrected chi connectivity index (χ2v) is 9.29. The van der Waals surface area contributed by atoms with Gasteiger partial charge in [0.25, 0.3) is 5.91 Å². The average molecular weight is 527 g/mol. The lowest BCUT2D eigenvalue weighted by Gasteiger charge is -2.08. The van der Waals surface area contributed by atoms with Gasteiger partial charge in [0.1, 0.15) is 11.3 Å². The van der Waals surface area contributed by atoms with Gasteiger partial charge in [-0.2, -0.15) is 0 Å². The molecule has 0 unspecified atom stereocenters. The van der Waals surface area contributed by atoms with Crippen molar-refractivity contribution in [3.05, 3.63) is 56.1 Å². The minimum atomic E-state index is -0.573. The molecule has 1 aromatic carbocycles. The van der Waals surface area contributed by atoms with E-state index in [0.29, 0.717) is 32.0 Å². The van der Waals surface area contributed by atoms with Crippen LogP contribution in [-0.2, 0) is 11.3 Å². The van der Waals surface area contributed by atoms with E-state index < -0.39 is 5.97 Å². The highest BCUT2D eigenvalue weighted by Gasteiger charge is 2.26. The fourth-order valence-electron chi connectivity index (χ4n) is 2.85. The maximum Gasteiger partial charge on any atom is 0.341 e. The van der Waals surface area contributed by atoms with Crippen LogP contribution >= 0.6 is 46.8 Å². The SMILES string of the molecule is COC(=O)c1c(NC(=S)Nc2ncn(Cc3ccc(Cl)c(Cl)c3)n2)sc(C(=O)N(C)C)c1C. The van der Waals surface area contributed by atoms with E-state index in [1.54, 1.807) is 37.8 Å². The van der Waals surface area contributed by atoms with Crippen molar-refractivity contribution in [2.75, 3.05) is 31.8 Å². The summed E-state index contributed by atoms with van der Waals surface area (Å²) < 4.78 is 6.48. The molecule has 1 amide bonds. The summed E-state index contributed by atoms with van der Waals surface area (Å²) in [6.07, 6.45) is 1.54. The molecule has 2 aromatic heterocycles. The molecular weight excluding hydrogens is 507 g/mol. The van der Waals surface area contributed by atoms with Crippen LogP contribution in [0.2, 0.25) is 10.0 Å². The van der Waals surface area contributed by atoms with E-state index in [2.05, 4.69) is 20.7 Å². The number of ether oxygens (including phenoxy) is 1. The summed E-state index contributed by atoms with van der Waals surface area (Å²) in [5.41, 5.74) is 1.66. The molecule has 33 heavy (non-hydrogen) atoms. The van der Waals surface area contributed by atoms with Crippen molar-refractivity contribution >= 4 is 74.7 Å². The van der Waals surface area contributed by atoms with Gasteiger partial charge >= 0.3 is 5.97 Å². The molecular formula is C20H20Cl2N6O3S2. The molecule has 0 saturated heterocycles. The van der Waals surface area contributed by atoms with Gasteiger partial charge in [0.05, 0.1) is 34.1 Å². The van der Waals surface area contributed by atoms with Crippen LogP contribution in [0.3, 0.4) is 0 Å². The first-order chi connectivity index (χ1) is 15.6. The number of aromatic nitrogens is 3. The number of methoxy groups -OCH3 is 1. The number of amides is 1. The largest absolute Gasteiger partial charge is 0.465 e. The Bertz CT molecular complexity index is 1220. The Hall–Kier alpha value is -2.73. The molecule has 0 aliphatic heterocycles. The number of anilines is 2. The number of hydrogen-bond donors (Lipinski definition) is 2. The van der Waals surface area contributed by atoms with Crippen LogP contribution in [0.5, 0.6) is 0 Å². The molecule has 3 aromatic rings. The summed E-state index contributed by atoms with van der Waals surface area (Å²) in [6.45, 7) is 2.12. The third-order valence-corrected chi connectivity index (χ3v) is 6.59. The normalized spacial score (nSPS) is 10.6. The summed E-state index contributed by atoms with van der Waals surface area (Å²) in [5, 5.41) is 11.6. The van der Waals surface area contributed by atoms with E-state index in [0.717, 1.165) is 16.9 Å². The molecule has 9 nitrogen and oxygen atoms in total. The second kappa shape index (κ2) is 10.5. The summed E-state index contributed by atoms with van der Waals surface area (Å²) in [5.74, 6) is -0.543. The Morgan fingerprint density at radius 1 is 1.24 bits per heavy atom. The third kappa shape index (κ3) is 5.80. The van der Waals surface area contributed by atoms with Crippen molar-refractivity contribution in [3.63, 3.8) is 0 Å². The molecule has 3 rings (SSSR count). The lowest BCUT2D eigenvalue weighted by molar-refractivity contribution is 0.0601. The van der Waals surface area contributed by atoms with Crippen LogP contribution in [0.1, 0.15) is 31.2 Å². The van der Waals surface area contributed by atoms with Gasteiger partial charge in [0, 0.05) is 14.1 Å². The van der Waals surface area contributed by atoms with Crippen LogP contribution in [0.15, 0.2) is 24.5 Å². The van der Waals surface area contributed by atoms with Crippen LogP contribution in [0.25, 0.3) is 0 Å². The Labute approximate surface area is 209 Å². The zero-order valence-corrected chi connectivity index (χ0v) is 21.2. The van der Waals surface area contributed by atoms with Gasteiger partial charge in [-0.1, -0.05) is 29.3 Å². The van der Waals surface area contributed by atoms with Crippen LogP contribution < -0.4 is 10.6 Å². The molecule has 0 spiro atoms. The number of rotatable bonds is 6. The number of thiophene rings is 1. The number of carbonyl (C=O) groups excluding carboxylic acids is 2. The molecule has 0 aliphatic carbocycles. The first-order valence-corrected chi connectivity index (χ1v) is 11.4. The summed E-state index contributed by atoms with van der Waals surface area (Å²) in [4.78, 5) is 30.8. The first-order valence-electron chi connectivity index (χ1n) is 9.45. The maximum atomic E-state index is 12.5. The quantitative estimate of drug-likeness (QED) is 0.362. The number of thiocarbonyl (C=S) groups is 1. The van der Waals surface area contributed by atoms with E-state index in [4.69, 9.17) is 40.2 Å². The van der Waals surface area contributed by atoms with Crippen molar-refractivity contribution in [3.8, 4) is 0 Å². The third-order valence-electron chi connectivity index (χ3n) is 4.45. The fraction of sp³-hybridized carbons (Fsp3) is 0.250. The predicted molar refractivity (Wildman–Crippen MR) is 134 cm³/mol. The highest BCUT2D eigenvalue weighted by atomic mass is 35.5. The zero-order valence-electron chi connectivity index (χ0n) is 18.1. The van der Waals surface area contributed by atoms with Gasteiger partial charge in [-0.25, -0.2) is 14.5 Å². The van der Waals surface area contributed by atoms with Crippen molar-refractivity contribution in [2.45, 2.75) is 13.5 Å². The van der Waals surface area contributed by atoms with Gasteiger partial charge in [0.2, 0.25) is 5.95 Å². The van der Waals surface area contributed by atoms with E-state index in [1.165, 1.54) is 18.3 Å². The Morgan fingerprint density at radius 3 is 2.61 bits per heavy atom. The molecule has 0 aliphatic rings. The molecule has 0 bridgehead atoms. The van der Waals surface area contributed by atoms with Crippen molar-refractivity contribution in [1.29, 1.82) is 0 Å². The standard InChI is InChI=1S/C20H20Cl2N6O3S2/c1-10-14(18(30)31-4)16(33-15(10)17(29)27(2)3)24-20(32)25-19-23-9-28(26-19)8-11-5-6-12(21)13(22)7-11/h5-7,9H,8H2,1-4H3,(H2,24,25,26,32). The van der Waals surface area contributed by atoms with E-state index >= 15 is 0 Å². The van der Waals surface area contributed by atoms with Gasteiger partial charge in [-0.05, 0) is 42.4 Å².